The molecule has 22 heavy (non-hydrogen) atoms. The lowest BCUT2D eigenvalue weighted by Gasteiger charge is -2.02. The third-order valence-electron chi connectivity index (χ3n) is 2.64. The van der Waals surface area contributed by atoms with E-state index in [1.165, 1.54) is 6.07 Å². The summed E-state index contributed by atoms with van der Waals surface area (Å²) in [7, 11) is 0. The van der Waals surface area contributed by atoms with Gasteiger partial charge in [0.15, 0.2) is 11.4 Å². The number of hydrogen-bond donors (Lipinski definition) is 0. The highest BCUT2D eigenvalue weighted by atomic mass is 19.4. The van der Waals surface area contributed by atoms with E-state index in [-0.39, 0.29) is 5.69 Å². The maximum absolute atomic E-state index is 12.4. The average molecular weight is 309 g/mol. The van der Waals surface area contributed by atoms with E-state index in [0.29, 0.717) is 21.9 Å². The van der Waals surface area contributed by atoms with Gasteiger partial charge in [-0.3, -0.25) is 0 Å². The number of rotatable bonds is 2. The van der Waals surface area contributed by atoms with E-state index in [2.05, 4.69) is 25.3 Å². The minimum absolute atomic E-state index is 0.164. The van der Waals surface area contributed by atoms with Gasteiger partial charge in [0.05, 0.1) is 5.52 Å². The van der Waals surface area contributed by atoms with Crippen molar-refractivity contribution in [3.63, 3.8) is 0 Å². The first-order chi connectivity index (χ1) is 10.4. The van der Waals surface area contributed by atoms with E-state index >= 15 is 0 Å². The highest BCUT2D eigenvalue weighted by Gasteiger charge is 2.35. The highest BCUT2D eigenvalue weighted by molar-refractivity contribution is 5.91. The van der Waals surface area contributed by atoms with Crippen molar-refractivity contribution in [1.29, 1.82) is 0 Å². The average Bonchev–Trinajstić information content (AvgIpc) is 2.95. The van der Waals surface area contributed by atoms with Gasteiger partial charge in [-0.1, -0.05) is 23.0 Å². The number of nitrogens with zero attached hydrogens (tertiary/aromatic N) is 5. The van der Waals surface area contributed by atoms with E-state index in [9.17, 15) is 18.0 Å². The lowest BCUT2D eigenvalue weighted by molar-refractivity contribution is -0.141. The van der Waals surface area contributed by atoms with Crippen LogP contribution in [0.5, 0.6) is 0 Å². The number of carbonyl (C=O) groups excluding carboxylic acids is 1. The van der Waals surface area contributed by atoms with Crippen LogP contribution in [0.15, 0.2) is 36.5 Å². The number of alkyl halides is 3. The van der Waals surface area contributed by atoms with Crippen LogP contribution in [0.4, 0.5) is 13.2 Å². The molecular weight excluding hydrogens is 303 g/mol. The normalized spacial score (nSPS) is 11.6. The van der Waals surface area contributed by atoms with E-state index in [0.717, 1.165) is 0 Å². The third kappa shape index (κ3) is 2.71. The van der Waals surface area contributed by atoms with Crippen molar-refractivity contribution in [2.75, 3.05) is 0 Å². The minimum Gasteiger partial charge on any atom is -0.311 e. The zero-order valence-electron chi connectivity index (χ0n) is 10.7. The fourth-order valence-corrected chi connectivity index (χ4v) is 1.64. The van der Waals surface area contributed by atoms with Gasteiger partial charge < -0.3 is 4.84 Å². The largest absolute Gasteiger partial charge is 0.436 e. The molecule has 0 saturated carbocycles. The summed E-state index contributed by atoms with van der Waals surface area (Å²) in [5, 5.41) is 14.0. The predicted molar refractivity (Wildman–Crippen MR) is 65.5 cm³/mol. The zero-order valence-corrected chi connectivity index (χ0v) is 10.7. The van der Waals surface area contributed by atoms with Crippen molar-refractivity contribution >= 4 is 16.9 Å². The molecule has 7 nitrogen and oxygen atoms in total. The van der Waals surface area contributed by atoms with Gasteiger partial charge in [-0.15, -0.1) is 15.3 Å². The Morgan fingerprint density at radius 3 is 2.64 bits per heavy atom. The van der Waals surface area contributed by atoms with Crippen LogP contribution in [0.1, 0.15) is 16.2 Å². The van der Waals surface area contributed by atoms with Crippen molar-refractivity contribution in [2.45, 2.75) is 6.18 Å². The fraction of sp³-hybridized carbons (Fsp3) is 0.0833. The summed E-state index contributed by atoms with van der Waals surface area (Å²) in [6.07, 6.45) is -4.22. The fourth-order valence-electron chi connectivity index (χ4n) is 1.64. The molecule has 0 radical (unpaired) electrons. The molecule has 112 valence electrons. The summed E-state index contributed by atoms with van der Waals surface area (Å²) in [6.45, 7) is 0. The molecule has 0 aliphatic heterocycles. The second-order valence-electron chi connectivity index (χ2n) is 4.17. The number of halogens is 3. The van der Waals surface area contributed by atoms with Crippen molar-refractivity contribution in [2.24, 2.45) is 0 Å². The zero-order chi connectivity index (χ0) is 15.7. The lowest BCUT2D eigenvalue weighted by atomic mass is 10.2. The molecule has 2 heterocycles. The molecule has 2 aromatic heterocycles. The maximum atomic E-state index is 12.4. The monoisotopic (exact) mass is 309 g/mol. The van der Waals surface area contributed by atoms with Gasteiger partial charge in [-0.2, -0.15) is 13.2 Å². The minimum atomic E-state index is -4.67. The van der Waals surface area contributed by atoms with Gasteiger partial charge in [0, 0.05) is 5.39 Å². The molecular formula is C12H6F3N5O2. The molecule has 0 spiro atoms. The van der Waals surface area contributed by atoms with Crippen molar-refractivity contribution in [3.8, 4) is 0 Å². The molecule has 3 rings (SSSR count). The van der Waals surface area contributed by atoms with E-state index < -0.39 is 17.8 Å². The Balaban J connectivity index is 1.82. The second-order valence-corrected chi connectivity index (χ2v) is 4.17. The van der Waals surface area contributed by atoms with Crippen LogP contribution in [0.25, 0.3) is 10.9 Å². The first kappa shape index (κ1) is 13.9. The highest BCUT2D eigenvalue weighted by Crippen LogP contribution is 2.26. The van der Waals surface area contributed by atoms with Gasteiger partial charge in [0.25, 0.3) is 0 Å². The summed E-state index contributed by atoms with van der Waals surface area (Å²) in [6, 6.07) is 8.31. The van der Waals surface area contributed by atoms with Crippen LogP contribution in [-0.2, 0) is 6.18 Å². The smallest absolute Gasteiger partial charge is 0.311 e. The first-order valence-electron chi connectivity index (χ1n) is 5.88. The van der Waals surface area contributed by atoms with E-state index in [1.54, 1.807) is 24.3 Å². The Morgan fingerprint density at radius 2 is 1.91 bits per heavy atom. The molecule has 0 amide bonds. The summed E-state index contributed by atoms with van der Waals surface area (Å²) in [4.78, 5) is 16.8. The predicted octanol–water partition coefficient (Wildman–Crippen LogP) is 1.51. The van der Waals surface area contributed by atoms with Crippen LogP contribution in [0.3, 0.4) is 0 Å². The van der Waals surface area contributed by atoms with Crippen LogP contribution in [0, 0.1) is 0 Å². The molecule has 0 aliphatic carbocycles. The van der Waals surface area contributed by atoms with Gasteiger partial charge >= 0.3 is 12.1 Å². The first-order valence-corrected chi connectivity index (χ1v) is 5.88. The summed E-state index contributed by atoms with van der Waals surface area (Å²) in [5.74, 6) is -1.00. The number of carbonyl (C=O) groups is 1. The number of benzene rings is 1. The quantitative estimate of drug-likeness (QED) is 0.667. The SMILES string of the molecule is O=C(On1cc(C(F)(F)F)nn1)c1cc2ccccc2nn1. The standard InChI is InChI=1S/C12H6F3N5O2/c13-12(14,15)10-6-20(19-18-10)22-11(21)9-5-7-3-1-2-4-8(7)16-17-9/h1-6H. The van der Waals surface area contributed by atoms with Gasteiger partial charge in [0.1, 0.15) is 6.20 Å². The van der Waals surface area contributed by atoms with Crippen molar-refractivity contribution in [1.82, 2.24) is 25.4 Å². The molecule has 0 aliphatic rings. The van der Waals surface area contributed by atoms with Crippen molar-refractivity contribution in [3.05, 3.63) is 47.9 Å². The number of hydrogen-bond acceptors (Lipinski definition) is 6. The van der Waals surface area contributed by atoms with E-state index in [4.69, 9.17) is 0 Å². The Bertz CT molecular complexity index is 846. The Morgan fingerprint density at radius 1 is 1.14 bits per heavy atom. The molecule has 0 fully saturated rings. The molecule has 0 unspecified atom stereocenters. The van der Waals surface area contributed by atoms with Crippen LogP contribution in [-0.4, -0.2) is 31.3 Å². The molecule has 0 atom stereocenters. The Hall–Kier alpha value is -3.04. The Labute approximate surface area is 120 Å². The van der Waals surface area contributed by atoms with Crippen LogP contribution >= 0.6 is 0 Å². The van der Waals surface area contributed by atoms with Gasteiger partial charge in [-0.25, -0.2) is 4.79 Å². The summed E-state index contributed by atoms with van der Waals surface area (Å²) < 4.78 is 37.1. The molecule has 1 aromatic carbocycles. The molecule has 0 saturated heterocycles. The summed E-state index contributed by atoms with van der Waals surface area (Å²) >= 11 is 0. The Kier molecular flexibility index (Phi) is 3.20. The topological polar surface area (TPSA) is 82.8 Å². The molecule has 0 bridgehead atoms. The molecule has 0 N–H and O–H groups in total. The molecule has 3 aromatic rings. The lowest BCUT2D eigenvalue weighted by Crippen LogP contribution is -2.21. The number of aromatic nitrogens is 5. The van der Waals surface area contributed by atoms with Crippen LogP contribution < -0.4 is 4.84 Å². The van der Waals surface area contributed by atoms with Crippen molar-refractivity contribution < 1.29 is 22.8 Å². The summed E-state index contributed by atoms with van der Waals surface area (Å²) in [5.41, 5.74) is -0.869. The van der Waals surface area contributed by atoms with Gasteiger partial charge in [-0.05, 0) is 17.3 Å². The number of fused-ring (bicyclic) bond motifs is 1. The van der Waals surface area contributed by atoms with Crippen LogP contribution in [0.2, 0.25) is 0 Å². The van der Waals surface area contributed by atoms with E-state index in [1.807, 2.05) is 0 Å². The van der Waals surface area contributed by atoms with Gasteiger partial charge in [0.2, 0.25) is 0 Å². The molecule has 10 heteroatoms. The second kappa shape index (κ2) is 5.06. The maximum Gasteiger partial charge on any atom is 0.436 e. The third-order valence-corrected chi connectivity index (χ3v) is 2.64.